The van der Waals surface area contributed by atoms with Crippen LogP contribution in [0.25, 0.3) is 0 Å². The molecule has 0 spiro atoms. The van der Waals surface area contributed by atoms with Crippen LogP contribution in [0.5, 0.6) is 0 Å². The van der Waals surface area contributed by atoms with E-state index >= 15 is 0 Å². The fourth-order valence-electron chi connectivity index (χ4n) is 1.61. The molecule has 0 aromatic heterocycles. The zero-order valence-electron chi connectivity index (χ0n) is 10.4. The number of hydrogen-bond acceptors (Lipinski definition) is 2. The van der Waals surface area contributed by atoms with Crippen molar-refractivity contribution in [2.45, 2.75) is 25.2 Å². The van der Waals surface area contributed by atoms with Crippen molar-refractivity contribution in [1.29, 1.82) is 0 Å². The summed E-state index contributed by atoms with van der Waals surface area (Å²) < 4.78 is 63.1. The summed E-state index contributed by atoms with van der Waals surface area (Å²) in [4.78, 5) is 1.11. The molecule has 0 fully saturated rings. The van der Waals surface area contributed by atoms with Gasteiger partial charge in [0.1, 0.15) is 11.6 Å². The maximum absolute atomic E-state index is 13.5. The molecule has 1 rings (SSSR count). The number of alkyl halides is 3. The van der Waals surface area contributed by atoms with Crippen LogP contribution in [0.1, 0.15) is 18.5 Å². The first kappa shape index (κ1) is 15.8. The Kier molecular flexibility index (Phi) is 4.86. The van der Waals surface area contributed by atoms with Crippen LogP contribution in [0.3, 0.4) is 0 Å². The number of halogens is 5. The second kappa shape index (κ2) is 5.83. The molecule has 1 N–H and O–H groups in total. The molecule has 0 aliphatic carbocycles. The number of hydrogen-bond donors (Lipinski definition) is 1. The maximum atomic E-state index is 13.5. The normalized spacial score (nSPS) is 15.6. The molecule has 1 aromatic rings. The van der Waals surface area contributed by atoms with Gasteiger partial charge in [0, 0.05) is 18.2 Å². The fourth-order valence-corrected chi connectivity index (χ4v) is 1.61. The van der Waals surface area contributed by atoms with Gasteiger partial charge in [0.2, 0.25) is 0 Å². The van der Waals surface area contributed by atoms with Gasteiger partial charge in [-0.05, 0) is 32.2 Å². The predicted octanol–water partition coefficient (Wildman–Crippen LogP) is 2.88. The number of rotatable bonds is 4. The van der Waals surface area contributed by atoms with Crippen LogP contribution in [0, 0.1) is 11.6 Å². The molecule has 19 heavy (non-hydrogen) atoms. The third-order valence-corrected chi connectivity index (χ3v) is 2.91. The second-order valence-electron chi connectivity index (χ2n) is 4.34. The highest BCUT2D eigenvalue weighted by Gasteiger charge is 2.39. The topological polar surface area (TPSA) is 23.5 Å². The highest BCUT2D eigenvalue weighted by molar-refractivity contribution is 5.21. The van der Waals surface area contributed by atoms with Gasteiger partial charge in [-0.1, -0.05) is 0 Å². The molecule has 0 bridgehead atoms. The molecule has 0 radical (unpaired) electrons. The molecule has 0 saturated heterocycles. The Labute approximate surface area is 107 Å². The van der Waals surface area contributed by atoms with E-state index in [-0.39, 0.29) is 5.56 Å². The van der Waals surface area contributed by atoms with E-state index in [0.29, 0.717) is 0 Å². The maximum Gasteiger partial charge on any atom is 0.415 e. The number of aliphatic hydroxyl groups excluding tert-OH is 1. The minimum atomic E-state index is -4.74. The molecular weight excluding hydrogens is 269 g/mol. The summed E-state index contributed by atoms with van der Waals surface area (Å²) in [7, 11) is 1.30. The highest BCUT2D eigenvalue weighted by Crippen LogP contribution is 2.26. The van der Waals surface area contributed by atoms with Gasteiger partial charge in [0.15, 0.2) is 6.10 Å². The van der Waals surface area contributed by atoms with Crippen LogP contribution in [-0.4, -0.2) is 35.9 Å². The largest absolute Gasteiger partial charge is 0.415 e. The van der Waals surface area contributed by atoms with E-state index in [1.54, 1.807) is 0 Å². The fraction of sp³-hybridized carbons (Fsp3) is 0.500. The number of nitrogens with zero attached hydrogens (tertiary/aromatic N) is 1. The molecule has 0 heterocycles. The Hall–Kier alpha value is -1.21. The minimum absolute atomic E-state index is 0.0584. The Balaban J connectivity index is 2.82. The Bertz CT molecular complexity index is 435. The molecular formula is C12H14F5NO. The molecule has 0 aliphatic heterocycles. The zero-order valence-corrected chi connectivity index (χ0v) is 10.4. The third kappa shape index (κ3) is 4.14. The van der Waals surface area contributed by atoms with Crippen LogP contribution < -0.4 is 0 Å². The van der Waals surface area contributed by atoms with E-state index in [4.69, 9.17) is 5.11 Å². The number of aliphatic hydroxyl groups is 1. The van der Waals surface area contributed by atoms with Crippen LogP contribution in [0.4, 0.5) is 22.0 Å². The second-order valence-corrected chi connectivity index (χ2v) is 4.34. The summed E-state index contributed by atoms with van der Waals surface area (Å²) >= 11 is 0. The van der Waals surface area contributed by atoms with Crippen LogP contribution in [0.2, 0.25) is 0 Å². The zero-order chi connectivity index (χ0) is 14.8. The van der Waals surface area contributed by atoms with Gasteiger partial charge in [-0.3, -0.25) is 4.90 Å². The summed E-state index contributed by atoms with van der Waals surface area (Å²) in [5.41, 5.74) is -0.0584. The van der Waals surface area contributed by atoms with Gasteiger partial charge in [-0.25, -0.2) is 8.78 Å². The van der Waals surface area contributed by atoms with Crippen LogP contribution >= 0.6 is 0 Å². The number of likely N-dealkylation sites (N-methyl/N-ethyl adjacent to an activating group) is 1. The summed E-state index contributed by atoms with van der Waals surface area (Å²) in [5.74, 6) is -1.38. The monoisotopic (exact) mass is 283 g/mol. The lowest BCUT2D eigenvalue weighted by Crippen LogP contribution is -2.40. The van der Waals surface area contributed by atoms with Crippen LogP contribution in [0.15, 0.2) is 18.2 Å². The first-order valence-corrected chi connectivity index (χ1v) is 5.53. The van der Waals surface area contributed by atoms with Gasteiger partial charge in [-0.15, -0.1) is 0 Å². The van der Waals surface area contributed by atoms with Gasteiger partial charge >= 0.3 is 6.18 Å². The summed E-state index contributed by atoms with van der Waals surface area (Å²) in [6.07, 6.45) is -7.27. The molecule has 2 atom stereocenters. The quantitative estimate of drug-likeness (QED) is 0.859. The highest BCUT2D eigenvalue weighted by atomic mass is 19.4. The van der Waals surface area contributed by atoms with E-state index in [0.717, 1.165) is 23.1 Å². The van der Waals surface area contributed by atoms with Crippen molar-refractivity contribution in [3.8, 4) is 0 Å². The van der Waals surface area contributed by atoms with Crippen molar-refractivity contribution in [3.63, 3.8) is 0 Å². The molecule has 0 saturated carbocycles. The molecule has 0 aliphatic rings. The predicted molar refractivity (Wildman–Crippen MR) is 59.5 cm³/mol. The molecule has 2 unspecified atom stereocenters. The van der Waals surface area contributed by atoms with Crippen molar-refractivity contribution in [2.24, 2.45) is 0 Å². The summed E-state index contributed by atoms with van der Waals surface area (Å²) in [6, 6.07) is 1.97. The van der Waals surface area contributed by atoms with Crippen molar-refractivity contribution in [2.75, 3.05) is 13.6 Å². The third-order valence-electron chi connectivity index (χ3n) is 2.91. The van der Waals surface area contributed by atoms with Gasteiger partial charge < -0.3 is 5.11 Å². The van der Waals surface area contributed by atoms with Gasteiger partial charge in [0.25, 0.3) is 0 Å². The van der Waals surface area contributed by atoms with Crippen molar-refractivity contribution in [3.05, 3.63) is 35.4 Å². The smallest absolute Gasteiger partial charge is 0.382 e. The molecule has 108 valence electrons. The van der Waals surface area contributed by atoms with Crippen molar-refractivity contribution < 1.29 is 27.1 Å². The van der Waals surface area contributed by atoms with Gasteiger partial charge in [0.05, 0.1) is 0 Å². The van der Waals surface area contributed by atoms with E-state index < -0.39 is 36.5 Å². The van der Waals surface area contributed by atoms with E-state index in [1.807, 2.05) is 0 Å². The lowest BCUT2D eigenvalue weighted by molar-refractivity contribution is -0.208. The van der Waals surface area contributed by atoms with Crippen molar-refractivity contribution >= 4 is 0 Å². The molecule has 1 aromatic carbocycles. The van der Waals surface area contributed by atoms with E-state index in [9.17, 15) is 22.0 Å². The SMILES string of the molecule is CC(c1cc(F)ccc1F)N(C)CC(O)C(F)(F)F. The summed E-state index contributed by atoms with van der Waals surface area (Å²) in [6.45, 7) is 0.710. The Morgan fingerprint density at radius 3 is 2.37 bits per heavy atom. The minimum Gasteiger partial charge on any atom is -0.382 e. The standard InChI is InChI=1S/C12H14F5NO/c1-7(9-5-8(13)3-4-10(9)14)18(2)6-11(19)12(15,16)17/h3-5,7,11,19H,6H2,1-2H3. The molecule has 2 nitrogen and oxygen atoms in total. The Morgan fingerprint density at radius 1 is 1.26 bits per heavy atom. The average molecular weight is 283 g/mol. The lowest BCUT2D eigenvalue weighted by atomic mass is 10.1. The first-order valence-electron chi connectivity index (χ1n) is 5.53. The molecule has 0 amide bonds. The summed E-state index contributed by atoms with van der Waals surface area (Å²) in [5, 5.41) is 8.94. The molecule has 7 heteroatoms. The van der Waals surface area contributed by atoms with Crippen molar-refractivity contribution in [1.82, 2.24) is 4.90 Å². The Morgan fingerprint density at radius 2 is 1.84 bits per heavy atom. The van der Waals surface area contributed by atoms with E-state index in [2.05, 4.69) is 0 Å². The van der Waals surface area contributed by atoms with Gasteiger partial charge in [-0.2, -0.15) is 13.2 Å². The lowest BCUT2D eigenvalue weighted by Gasteiger charge is -2.28. The average Bonchev–Trinajstić information content (AvgIpc) is 2.30. The van der Waals surface area contributed by atoms with Crippen LogP contribution in [-0.2, 0) is 0 Å². The van der Waals surface area contributed by atoms with E-state index in [1.165, 1.54) is 14.0 Å². The number of benzene rings is 1. The first-order chi connectivity index (χ1) is 8.62.